The molecule has 0 bridgehead atoms. The number of benzene rings is 1. The molecule has 0 aliphatic carbocycles. The molecule has 3 aromatic rings. The smallest absolute Gasteiger partial charge is 0.257 e. The van der Waals surface area contributed by atoms with Crippen LogP contribution in [0.25, 0.3) is 11.3 Å². The highest BCUT2D eigenvalue weighted by Gasteiger charge is 2.22. The molecule has 0 unspecified atom stereocenters. The molecule has 0 aliphatic rings. The van der Waals surface area contributed by atoms with Gasteiger partial charge in [0.25, 0.3) is 5.91 Å². The zero-order valence-electron chi connectivity index (χ0n) is 15.5. The number of hydrogen-bond acceptors (Lipinski definition) is 6. The zero-order chi connectivity index (χ0) is 19.2. The van der Waals surface area contributed by atoms with Crippen LogP contribution in [0.5, 0.6) is 11.5 Å². The number of nitrogens with one attached hydrogen (secondary N) is 1. The van der Waals surface area contributed by atoms with Gasteiger partial charge in [-0.3, -0.25) is 9.78 Å². The van der Waals surface area contributed by atoms with Gasteiger partial charge in [-0.2, -0.15) is 0 Å². The van der Waals surface area contributed by atoms with Gasteiger partial charge in [-0.25, -0.2) is 0 Å². The molecule has 0 radical (unpaired) electrons. The minimum Gasteiger partial charge on any atom is -0.497 e. The first-order valence-electron chi connectivity index (χ1n) is 8.49. The van der Waals surface area contributed by atoms with Gasteiger partial charge in [0.1, 0.15) is 17.1 Å². The van der Waals surface area contributed by atoms with Gasteiger partial charge < -0.3 is 19.3 Å². The maximum Gasteiger partial charge on any atom is 0.257 e. The van der Waals surface area contributed by atoms with E-state index in [0.717, 1.165) is 5.56 Å². The highest BCUT2D eigenvalue weighted by molar-refractivity contribution is 6.00. The summed E-state index contributed by atoms with van der Waals surface area (Å²) >= 11 is 0. The number of carbonyl (C=O) groups excluding carboxylic acids is 1. The molecule has 2 heterocycles. The molecule has 1 amide bonds. The van der Waals surface area contributed by atoms with E-state index in [1.807, 2.05) is 12.1 Å². The van der Waals surface area contributed by atoms with Crippen molar-refractivity contribution in [3.05, 3.63) is 59.5 Å². The van der Waals surface area contributed by atoms with Gasteiger partial charge >= 0.3 is 0 Å². The van der Waals surface area contributed by atoms with E-state index in [0.29, 0.717) is 47.0 Å². The fourth-order valence-electron chi connectivity index (χ4n) is 2.73. The van der Waals surface area contributed by atoms with Gasteiger partial charge in [0.2, 0.25) is 0 Å². The van der Waals surface area contributed by atoms with Crippen molar-refractivity contribution < 1.29 is 18.8 Å². The number of rotatable bonds is 7. The van der Waals surface area contributed by atoms with Crippen molar-refractivity contribution in [2.45, 2.75) is 13.3 Å². The molecule has 0 spiro atoms. The Morgan fingerprint density at radius 3 is 2.41 bits per heavy atom. The summed E-state index contributed by atoms with van der Waals surface area (Å²) in [5.74, 6) is 1.34. The van der Waals surface area contributed by atoms with Gasteiger partial charge in [-0.15, -0.1) is 0 Å². The first kappa shape index (κ1) is 18.4. The number of aryl methyl sites for hydroxylation is 1. The summed E-state index contributed by atoms with van der Waals surface area (Å²) in [4.78, 5) is 16.7. The van der Waals surface area contributed by atoms with Crippen LogP contribution in [0.15, 0.2) is 47.2 Å². The van der Waals surface area contributed by atoms with Crippen LogP contribution < -0.4 is 14.8 Å². The molecule has 0 saturated carbocycles. The quantitative estimate of drug-likeness (QED) is 0.691. The third-order valence-corrected chi connectivity index (χ3v) is 4.15. The summed E-state index contributed by atoms with van der Waals surface area (Å²) in [6, 6.07) is 9.14. The van der Waals surface area contributed by atoms with Gasteiger partial charge in [0.05, 0.1) is 19.9 Å². The summed E-state index contributed by atoms with van der Waals surface area (Å²) in [6.07, 6.45) is 4.17. The number of hydrogen-bond donors (Lipinski definition) is 1. The fraction of sp³-hybridized carbons (Fsp3) is 0.250. The van der Waals surface area contributed by atoms with Gasteiger partial charge in [0, 0.05) is 30.6 Å². The molecule has 7 heteroatoms. The maximum absolute atomic E-state index is 12.7. The Balaban J connectivity index is 1.81. The summed E-state index contributed by atoms with van der Waals surface area (Å²) in [6.45, 7) is 2.23. The summed E-state index contributed by atoms with van der Waals surface area (Å²) in [5.41, 5.74) is 2.68. The molecule has 0 atom stereocenters. The van der Waals surface area contributed by atoms with E-state index < -0.39 is 0 Å². The van der Waals surface area contributed by atoms with Crippen LogP contribution in [0.4, 0.5) is 0 Å². The Bertz CT molecular complexity index is 900. The second-order valence-electron chi connectivity index (χ2n) is 5.93. The SMILES string of the molecule is COc1cc(OC)cc(-c2onc(C)c2C(=O)NCCc2ccncc2)c1. The first-order valence-corrected chi connectivity index (χ1v) is 8.49. The average Bonchev–Trinajstić information content (AvgIpc) is 3.09. The molecule has 1 N–H and O–H groups in total. The molecule has 3 rings (SSSR count). The molecule has 7 nitrogen and oxygen atoms in total. The second-order valence-corrected chi connectivity index (χ2v) is 5.93. The van der Waals surface area contributed by atoms with Crippen LogP contribution in [0.3, 0.4) is 0 Å². The minimum absolute atomic E-state index is 0.236. The zero-order valence-corrected chi connectivity index (χ0v) is 15.5. The molecule has 0 fully saturated rings. The van der Waals surface area contributed by atoms with Crippen LogP contribution in [0.1, 0.15) is 21.6 Å². The van der Waals surface area contributed by atoms with E-state index in [1.54, 1.807) is 51.7 Å². The first-order chi connectivity index (χ1) is 13.1. The Hall–Kier alpha value is -3.35. The standard InChI is InChI=1S/C20H21N3O4/c1-13-18(20(24)22-9-6-14-4-7-21-8-5-14)19(27-23-13)15-10-16(25-2)12-17(11-15)26-3/h4-5,7-8,10-12H,6,9H2,1-3H3,(H,22,24). The fourth-order valence-corrected chi connectivity index (χ4v) is 2.73. The monoisotopic (exact) mass is 367 g/mol. The maximum atomic E-state index is 12.7. The average molecular weight is 367 g/mol. The van der Waals surface area contributed by atoms with Crippen molar-refractivity contribution in [1.29, 1.82) is 0 Å². The van der Waals surface area contributed by atoms with E-state index in [-0.39, 0.29) is 5.91 Å². The molecular formula is C20H21N3O4. The molecule has 1 aromatic carbocycles. The lowest BCUT2D eigenvalue weighted by Gasteiger charge is -2.09. The number of amides is 1. The van der Waals surface area contributed by atoms with Crippen LogP contribution in [0.2, 0.25) is 0 Å². The predicted molar refractivity (Wildman–Crippen MR) is 100 cm³/mol. The van der Waals surface area contributed by atoms with Crippen LogP contribution >= 0.6 is 0 Å². The number of aromatic nitrogens is 2. The molecule has 27 heavy (non-hydrogen) atoms. The van der Waals surface area contributed by atoms with Crippen molar-refractivity contribution in [3.63, 3.8) is 0 Å². The molecule has 0 aliphatic heterocycles. The lowest BCUT2D eigenvalue weighted by Crippen LogP contribution is -2.26. The van der Waals surface area contributed by atoms with E-state index in [4.69, 9.17) is 14.0 Å². The lowest BCUT2D eigenvalue weighted by atomic mass is 10.1. The normalized spacial score (nSPS) is 10.5. The molecular weight excluding hydrogens is 346 g/mol. The van der Waals surface area contributed by atoms with Crippen molar-refractivity contribution in [1.82, 2.24) is 15.5 Å². The Kier molecular flexibility index (Phi) is 5.71. The van der Waals surface area contributed by atoms with E-state index in [2.05, 4.69) is 15.5 Å². The molecule has 140 valence electrons. The van der Waals surface area contributed by atoms with Crippen LogP contribution in [0, 0.1) is 6.92 Å². The van der Waals surface area contributed by atoms with Crippen LogP contribution in [-0.4, -0.2) is 36.8 Å². The minimum atomic E-state index is -0.236. The third kappa shape index (κ3) is 4.25. The largest absolute Gasteiger partial charge is 0.497 e. The summed E-state index contributed by atoms with van der Waals surface area (Å²) in [5, 5.41) is 6.89. The van der Waals surface area contributed by atoms with Crippen molar-refractivity contribution in [2.24, 2.45) is 0 Å². The summed E-state index contributed by atoms with van der Waals surface area (Å²) in [7, 11) is 3.13. The highest BCUT2D eigenvalue weighted by atomic mass is 16.5. The number of methoxy groups -OCH3 is 2. The number of pyridine rings is 1. The van der Waals surface area contributed by atoms with E-state index >= 15 is 0 Å². The number of ether oxygens (including phenoxy) is 2. The van der Waals surface area contributed by atoms with E-state index in [1.165, 1.54) is 0 Å². The number of nitrogens with zero attached hydrogens (tertiary/aromatic N) is 2. The van der Waals surface area contributed by atoms with Crippen LogP contribution in [-0.2, 0) is 6.42 Å². The topological polar surface area (TPSA) is 86.5 Å². The van der Waals surface area contributed by atoms with Crippen molar-refractivity contribution >= 4 is 5.91 Å². The lowest BCUT2D eigenvalue weighted by molar-refractivity contribution is 0.0954. The van der Waals surface area contributed by atoms with Gasteiger partial charge in [-0.05, 0) is 43.2 Å². The third-order valence-electron chi connectivity index (χ3n) is 4.15. The van der Waals surface area contributed by atoms with Crippen molar-refractivity contribution in [2.75, 3.05) is 20.8 Å². The predicted octanol–water partition coefficient (Wildman–Crippen LogP) is 3.03. The summed E-state index contributed by atoms with van der Waals surface area (Å²) < 4.78 is 16.0. The Labute approximate surface area is 157 Å². The number of carbonyl (C=O) groups is 1. The van der Waals surface area contributed by atoms with Gasteiger partial charge in [0.15, 0.2) is 5.76 Å². The van der Waals surface area contributed by atoms with Gasteiger partial charge in [-0.1, -0.05) is 5.16 Å². The van der Waals surface area contributed by atoms with Crippen molar-refractivity contribution in [3.8, 4) is 22.8 Å². The molecule has 0 saturated heterocycles. The highest BCUT2D eigenvalue weighted by Crippen LogP contribution is 2.32. The second kappa shape index (κ2) is 8.35. The molecule has 2 aromatic heterocycles. The Morgan fingerprint density at radius 2 is 1.78 bits per heavy atom. The van der Waals surface area contributed by atoms with E-state index in [9.17, 15) is 4.79 Å². The Morgan fingerprint density at radius 1 is 1.11 bits per heavy atom.